The van der Waals surface area contributed by atoms with Gasteiger partial charge < -0.3 is 25.0 Å². The van der Waals surface area contributed by atoms with E-state index in [0.717, 1.165) is 48.8 Å². The Bertz CT molecular complexity index is 878. The van der Waals surface area contributed by atoms with Gasteiger partial charge in [-0.25, -0.2) is 0 Å². The molecular weight excluding hydrogens is 408 g/mol. The molecule has 2 aromatic carbocycles. The molecule has 2 amide bonds. The first-order chi connectivity index (χ1) is 15.5. The monoisotopic (exact) mass is 440 g/mol. The summed E-state index contributed by atoms with van der Waals surface area (Å²) < 4.78 is 10.4. The zero-order valence-electron chi connectivity index (χ0n) is 19.0. The van der Waals surface area contributed by atoms with Crippen molar-refractivity contribution in [3.8, 4) is 11.5 Å². The fourth-order valence-electron chi connectivity index (χ4n) is 3.69. The van der Waals surface area contributed by atoms with Gasteiger partial charge in [0.25, 0.3) is 0 Å². The smallest absolute Gasteiger partial charge is 0.309 e. The maximum Gasteiger partial charge on any atom is 0.309 e. The van der Waals surface area contributed by atoms with Crippen LogP contribution in [0.1, 0.15) is 17.2 Å². The van der Waals surface area contributed by atoms with Crippen LogP contribution in [0.4, 0.5) is 0 Å². The molecule has 0 saturated carbocycles. The summed E-state index contributed by atoms with van der Waals surface area (Å²) in [5.41, 5.74) is 1.97. The minimum Gasteiger partial charge on any atom is -0.497 e. The Morgan fingerprint density at radius 2 is 1.38 bits per heavy atom. The van der Waals surface area contributed by atoms with E-state index in [4.69, 9.17) is 9.47 Å². The molecule has 3 rings (SSSR count). The lowest BCUT2D eigenvalue weighted by Gasteiger charge is -2.38. The average Bonchev–Trinajstić information content (AvgIpc) is 2.84. The van der Waals surface area contributed by atoms with Gasteiger partial charge in [0.15, 0.2) is 0 Å². The number of likely N-dealkylation sites (N-methyl/N-ethyl adjacent to an activating group) is 1. The molecule has 1 atom stereocenters. The Hall–Kier alpha value is -3.10. The molecule has 2 aromatic rings. The molecule has 0 bridgehead atoms. The van der Waals surface area contributed by atoms with Crippen molar-refractivity contribution in [1.82, 2.24) is 20.4 Å². The van der Waals surface area contributed by atoms with Gasteiger partial charge in [0.2, 0.25) is 0 Å². The Balaban J connectivity index is 1.58. The third kappa shape index (κ3) is 6.45. The number of amides is 2. The van der Waals surface area contributed by atoms with Crippen LogP contribution in [0.3, 0.4) is 0 Å². The van der Waals surface area contributed by atoms with Crippen molar-refractivity contribution in [2.45, 2.75) is 12.6 Å². The molecule has 1 aliphatic rings. The SMILES string of the molecule is COc1ccc(CNC(=O)C(=O)NCC(c2ccc(OC)cc2)N2CCN(C)CC2)cc1. The second kappa shape index (κ2) is 11.5. The van der Waals surface area contributed by atoms with Crippen molar-refractivity contribution >= 4 is 11.8 Å². The highest BCUT2D eigenvalue weighted by Crippen LogP contribution is 2.24. The highest BCUT2D eigenvalue weighted by atomic mass is 16.5. The molecule has 1 fully saturated rings. The molecule has 0 aliphatic carbocycles. The summed E-state index contributed by atoms with van der Waals surface area (Å²) >= 11 is 0. The summed E-state index contributed by atoms with van der Waals surface area (Å²) in [6.07, 6.45) is 0. The first-order valence-corrected chi connectivity index (χ1v) is 10.8. The Morgan fingerprint density at radius 1 is 0.844 bits per heavy atom. The summed E-state index contributed by atoms with van der Waals surface area (Å²) in [4.78, 5) is 29.4. The van der Waals surface area contributed by atoms with Gasteiger partial charge in [-0.15, -0.1) is 0 Å². The lowest BCUT2D eigenvalue weighted by molar-refractivity contribution is -0.139. The molecule has 0 aromatic heterocycles. The van der Waals surface area contributed by atoms with Crippen LogP contribution in [0.25, 0.3) is 0 Å². The minimum atomic E-state index is -0.646. The van der Waals surface area contributed by atoms with Crippen molar-refractivity contribution in [2.75, 3.05) is 54.0 Å². The molecule has 8 nitrogen and oxygen atoms in total. The molecule has 1 aliphatic heterocycles. The van der Waals surface area contributed by atoms with Crippen molar-refractivity contribution < 1.29 is 19.1 Å². The number of nitrogens with zero attached hydrogens (tertiary/aromatic N) is 2. The van der Waals surface area contributed by atoms with E-state index < -0.39 is 11.8 Å². The number of benzene rings is 2. The Morgan fingerprint density at radius 3 is 1.94 bits per heavy atom. The zero-order valence-corrected chi connectivity index (χ0v) is 19.0. The Kier molecular flexibility index (Phi) is 8.47. The van der Waals surface area contributed by atoms with Crippen LogP contribution in [0, 0.1) is 0 Å². The maximum atomic E-state index is 12.4. The van der Waals surface area contributed by atoms with Gasteiger partial charge in [-0.3, -0.25) is 14.5 Å². The van der Waals surface area contributed by atoms with E-state index >= 15 is 0 Å². The molecule has 1 saturated heterocycles. The fraction of sp³-hybridized carbons (Fsp3) is 0.417. The second-order valence-electron chi connectivity index (χ2n) is 7.87. The van der Waals surface area contributed by atoms with Gasteiger partial charge >= 0.3 is 11.8 Å². The van der Waals surface area contributed by atoms with Gasteiger partial charge in [0, 0.05) is 39.3 Å². The van der Waals surface area contributed by atoms with Crippen molar-refractivity contribution in [2.24, 2.45) is 0 Å². The highest BCUT2D eigenvalue weighted by Gasteiger charge is 2.25. The predicted octanol–water partition coefficient (Wildman–Crippen LogP) is 1.42. The van der Waals surface area contributed by atoms with Crippen LogP contribution < -0.4 is 20.1 Å². The molecule has 2 N–H and O–H groups in total. The molecule has 1 unspecified atom stereocenters. The van der Waals surface area contributed by atoms with Gasteiger partial charge in [0.05, 0.1) is 20.3 Å². The number of nitrogens with one attached hydrogen (secondary N) is 2. The topological polar surface area (TPSA) is 83.1 Å². The van der Waals surface area contributed by atoms with Crippen LogP contribution in [0.15, 0.2) is 48.5 Å². The molecule has 172 valence electrons. The van der Waals surface area contributed by atoms with E-state index in [0.29, 0.717) is 6.54 Å². The third-order valence-electron chi connectivity index (χ3n) is 5.75. The summed E-state index contributed by atoms with van der Waals surface area (Å²) in [5.74, 6) is 0.248. The van der Waals surface area contributed by atoms with Crippen LogP contribution >= 0.6 is 0 Å². The number of hydrogen-bond acceptors (Lipinski definition) is 6. The van der Waals surface area contributed by atoms with E-state index in [1.165, 1.54) is 0 Å². The van der Waals surface area contributed by atoms with E-state index in [1.807, 2.05) is 48.5 Å². The van der Waals surface area contributed by atoms with Crippen LogP contribution in [-0.4, -0.2) is 75.6 Å². The molecule has 1 heterocycles. The number of rotatable bonds is 8. The molecule has 0 spiro atoms. The molecule has 32 heavy (non-hydrogen) atoms. The lowest BCUT2D eigenvalue weighted by Crippen LogP contribution is -2.49. The standard InChI is InChI=1S/C24H32N4O4/c1-27-12-14-28(15-13-27)22(19-6-10-21(32-3)11-7-19)17-26-24(30)23(29)25-16-18-4-8-20(31-2)9-5-18/h4-11,22H,12-17H2,1-3H3,(H,25,29)(H,26,30). The number of ether oxygens (including phenoxy) is 2. The van der Waals surface area contributed by atoms with E-state index in [1.54, 1.807) is 14.2 Å². The average molecular weight is 441 g/mol. The second-order valence-corrected chi connectivity index (χ2v) is 7.87. The fourth-order valence-corrected chi connectivity index (χ4v) is 3.69. The van der Waals surface area contributed by atoms with Gasteiger partial charge in [-0.1, -0.05) is 24.3 Å². The van der Waals surface area contributed by atoms with Crippen molar-refractivity contribution in [3.63, 3.8) is 0 Å². The summed E-state index contributed by atoms with van der Waals surface area (Å²) in [7, 11) is 5.34. The van der Waals surface area contributed by atoms with Crippen molar-refractivity contribution in [3.05, 3.63) is 59.7 Å². The number of hydrogen-bond donors (Lipinski definition) is 2. The summed E-state index contributed by atoms with van der Waals surface area (Å²) in [5, 5.41) is 5.49. The van der Waals surface area contributed by atoms with Crippen LogP contribution in [0.5, 0.6) is 11.5 Å². The van der Waals surface area contributed by atoms with Gasteiger partial charge in [0.1, 0.15) is 11.5 Å². The predicted molar refractivity (Wildman–Crippen MR) is 123 cm³/mol. The largest absolute Gasteiger partial charge is 0.497 e. The highest BCUT2D eigenvalue weighted by molar-refractivity contribution is 6.35. The van der Waals surface area contributed by atoms with Crippen LogP contribution in [0.2, 0.25) is 0 Å². The normalized spacial score (nSPS) is 15.6. The number of carbonyl (C=O) groups excluding carboxylic acids is 2. The van der Waals surface area contributed by atoms with E-state index in [2.05, 4.69) is 27.5 Å². The number of methoxy groups -OCH3 is 2. The van der Waals surface area contributed by atoms with E-state index in [9.17, 15) is 9.59 Å². The minimum absolute atomic E-state index is 0.0204. The first-order valence-electron chi connectivity index (χ1n) is 10.8. The van der Waals surface area contributed by atoms with Gasteiger partial charge in [-0.05, 0) is 42.4 Å². The first kappa shape index (κ1) is 23.6. The summed E-state index contributed by atoms with van der Waals surface area (Å²) in [6.45, 7) is 4.34. The summed E-state index contributed by atoms with van der Waals surface area (Å²) in [6, 6.07) is 15.2. The molecular formula is C24H32N4O4. The zero-order chi connectivity index (χ0) is 22.9. The molecule has 8 heteroatoms. The number of piperazine rings is 1. The third-order valence-corrected chi connectivity index (χ3v) is 5.75. The van der Waals surface area contributed by atoms with Crippen molar-refractivity contribution in [1.29, 1.82) is 0 Å². The van der Waals surface area contributed by atoms with E-state index in [-0.39, 0.29) is 12.6 Å². The molecule has 0 radical (unpaired) electrons. The van der Waals surface area contributed by atoms with Crippen LogP contribution in [-0.2, 0) is 16.1 Å². The Labute approximate surface area is 189 Å². The maximum absolute atomic E-state index is 12.4. The lowest BCUT2D eigenvalue weighted by atomic mass is 10.0. The number of carbonyl (C=O) groups is 2. The quantitative estimate of drug-likeness (QED) is 0.605. The van der Waals surface area contributed by atoms with Gasteiger partial charge in [-0.2, -0.15) is 0 Å².